The zero-order chi connectivity index (χ0) is 11.1. The molecule has 2 N–H and O–H groups in total. The third-order valence-corrected chi connectivity index (χ3v) is 4.64. The van der Waals surface area contributed by atoms with E-state index in [1.807, 2.05) is 0 Å². The Morgan fingerprint density at radius 2 is 2.31 bits per heavy atom. The predicted octanol–water partition coefficient (Wildman–Crippen LogP) is 3.76. The molecule has 0 saturated carbocycles. The maximum Gasteiger partial charge on any atom is 0.225 e. The zero-order valence-electron chi connectivity index (χ0n) is 8.69. The van der Waals surface area contributed by atoms with Gasteiger partial charge in [-0.1, -0.05) is 12.1 Å². The molecule has 0 amide bonds. The van der Waals surface area contributed by atoms with E-state index in [1.165, 1.54) is 9.40 Å². The molecule has 0 aliphatic heterocycles. The molecule has 0 fully saturated rings. The third kappa shape index (κ3) is 1.36. The number of anilines is 1. The van der Waals surface area contributed by atoms with Crippen molar-refractivity contribution in [3.8, 4) is 10.6 Å². The van der Waals surface area contributed by atoms with Gasteiger partial charge in [0.05, 0.1) is 4.88 Å². The molecular formula is C11H10N2OS2. The van der Waals surface area contributed by atoms with E-state index < -0.39 is 0 Å². The van der Waals surface area contributed by atoms with Gasteiger partial charge >= 0.3 is 0 Å². The van der Waals surface area contributed by atoms with Crippen LogP contribution in [0.25, 0.3) is 20.0 Å². The molecule has 3 heterocycles. The summed E-state index contributed by atoms with van der Waals surface area (Å²) in [7, 11) is 0. The van der Waals surface area contributed by atoms with Crippen LogP contribution in [0.15, 0.2) is 22.0 Å². The van der Waals surface area contributed by atoms with Gasteiger partial charge in [-0.3, -0.25) is 0 Å². The first-order chi connectivity index (χ1) is 7.79. The van der Waals surface area contributed by atoms with Gasteiger partial charge in [0.15, 0.2) is 0 Å². The van der Waals surface area contributed by atoms with Crippen molar-refractivity contribution in [3.63, 3.8) is 0 Å². The summed E-state index contributed by atoms with van der Waals surface area (Å²) in [5, 5.41) is 6.15. The van der Waals surface area contributed by atoms with E-state index in [0.29, 0.717) is 5.88 Å². The third-order valence-electron chi connectivity index (χ3n) is 2.54. The van der Waals surface area contributed by atoms with Crippen LogP contribution in [0, 0.1) is 0 Å². The Morgan fingerprint density at radius 3 is 3.06 bits per heavy atom. The minimum Gasteiger partial charge on any atom is -0.367 e. The molecule has 0 unspecified atom stereocenters. The summed E-state index contributed by atoms with van der Waals surface area (Å²) in [5.74, 6) is 0.439. The summed E-state index contributed by atoms with van der Waals surface area (Å²) in [4.78, 5) is 1.14. The molecule has 0 spiro atoms. The van der Waals surface area contributed by atoms with Crippen molar-refractivity contribution < 1.29 is 4.52 Å². The number of aromatic nitrogens is 1. The molecular weight excluding hydrogens is 240 g/mol. The van der Waals surface area contributed by atoms with Crippen molar-refractivity contribution in [1.29, 1.82) is 0 Å². The summed E-state index contributed by atoms with van der Waals surface area (Å²) >= 11 is 3.48. The Labute approximate surface area is 100 Å². The molecule has 0 aliphatic rings. The van der Waals surface area contributed by atoms with Gasteiger partial charge in [0, 0.05) is 15.0 Å². The lowest BCUT2D eigenvalue weighted by Gasteiger charge is -1.93. The lowest BCUT2D eigenvalue weighted by Crippen LogP contribution is -1.88. The summed E-state index contributed by atoms with van der Waals surface area (Å²) < 4.78 is 7.64. The average molecular weight is 250 g/mol. The largest absolute Gasteiger partial charge is 0.367 e. The highest BCUT2D eigenvalue weighted by Gasteiger charge is 2.16. The van der Waals surface area contributed by atoms with Gasteiger partial charge in [-0.15, -0.1) is 22.7 Å². The van der Waals surface area contributed by atoms with Crippen LogP contribution in [0.1, 0.15) is 12.5 Å². The summed E-state index contributed by atoms with van der Waals surface area (Å²) in [6.45, 7) is 2.06. The second kappa shape index (κ2) is 3.61. The SMILES string of the molecule is CCc1c(-c2cc3sccc3s2)noc1N. The molecule has 5 heteroatoms. The predicted molar refractivity (Wildman–Crippen MR) is 69.0 cm³/mol. The number of hydrogen-bond donors (Lipinski definition) is 1. The number of nitrogens with zero attached hydrogens (tertiary/aromatic N) is 1. The quantitative estimate of drug-likeness (QED) is 0.753. The van der Waals surface area contributed by atoms with Crippen LogP contribution in [-0.2, 0) is 6.42 Å². The molecule has 3 aromatic heterocycles. The van der Waals surface area contributed by atoms with Gasteiger partial charge in [0.25, 0.3) is 0 Å². The molecule has 82 valence electrons. The van der Waals surface area contributed by atoms with Crippen molar-refractivity contribution in [2.24, 2.45) is 0 Å². The van der Waals surface area contributed by atoms with Crippen molar-refractivity contribution in [3.05, 3.63) is 23.1 Å². The first kappa shape index (κ1) is 9.86. The fraction of sp³-hybridized carbons (Fsp3) is 0.182. The lowest BCUT2D eigenvalue weighted by molar-refractivity contribution is 0.439. The number of hydrogen-bond acceptors (Lipinski definition) is 5. The molecule has 0 radical (unpaired) electrons. The van der Waals surface area contributed by atoms with Crippen LogP contribution >= 0.6 is 22.7 Å². The van der Waals surface area contributed by atoms with Crippen LogP contribution in [0.4, 0.5) is 5.88 Å². The summed E-state index contributed by atoms with van der Waals surface area (Å²) in [6.07, 6.45) is 0.843. The Morgan fingerprint density at radius 1 is 1.44 bits per heavy atom. The maximum atomic E-state index is 5.74. The monoisotopic (exact) mass is 250 g/mol. The van der Waals surface area contributed by atoms with Crippen molar-refractivity contribution in [2.75, 3.05) is 5.73 Å². The van der Waals surface area contributed by atoms with E-state index in [-0.39, 0.29) is 0 Å². The summed E-state index contributed by atoms with van der Waals surface area (Å²) in [6, 6.07) is 4.28. The number of nitrogen functional groups attached to an aromatic ring is 1. The van der Waals surface area contributed by atoms with Crippen LogP contribution in [0.3, 0.4) is 0 Å². The van der Waals surface area contributed by atoms with E-state index >= 15 is 0 Å². The van der Waals surface area contributed by atoms with Gasteiger partial charge < -0.3 is 10.3 Å². The molecule has 0 atom stereocenters. The molecule has 3 aromatic rings. The molecule has 3 rings (SSSR count). The number of nitrogens with two attached hydrogens (primary N) is 1. The van der Waals surface area contributed by atoms with E-state index in [4.69, 9.17) is 10.3 Å². The molecule has 0 aromatic carbocycles. The van der Waals surface area contributed by atoms with Gasteiger partial charge in [-0.2, -0.15) is 0 Å². The van der Waals surface area contributed by atoms with Crippen LogP contribution < -0.4 is 5.73 Å². The topological polar surface area (TPSA) is 52.0 Å². The normalized spacial score (nSPS) is 11.3. The number of fused-ring (bicyclic) bond motifs is 1. The molecule has 0 saturated heterocycles. The van der Waals surface area contributed by atoms with Gasteiger partial charge in [-0.05, 0) is 23.9 Å². The second-order valence-corrected chi connectivity index (χ2v) is 5.52. The van der Waals surface area contributed by atoms with E-state index in [2.05, 4.69) is 29.6 Å². The van der Waals surface area contributed by atoms with Gasteiger partial charge in [-0.25, -0.2) is 0 Å². The van der Waals surface area contributed by atoms with Crippen molar-refractivity contribution in [1.82, 2.24) is 5.16 Å². The van der Waals surface area contributed by atoms with Crippen molar-refractivity contribution in [2.45, 2.75) is 13.3 Å². The van der Waals surface area contributed by atoms with E-state index in [0.717, 1.165) is 22.6 Å². The van der Waals surface area contributed by atoms with Gasteiger partial charge in [0.1, 0.15) is 5.69 Å². The van der Waals surface area contributed by atoms with Gasteiger partial charge in [0.2, 0.25) is 5.88 Å². The van der Waals surface area contributed by atoms with Crippen LogP contribution in [0.2, 0.25) is 0 Å². The fourth-order valence-electron chi connectivity index (χ4n) is 1.74. The van der Waals surface area contributed by atoms with Crippen LogP contribution in [0.5, 0.6) is 0 Å². The average Bonchev–Trinajstić information content (AvgIpc) is 2.89. The Balaban J connectivity index is 2.18. The smallest absolute Gasteiger partial charge is 0.225 e. The van der Waals surface area contributed by atoms with E-state index in [1.54, 1.807) is 22.7 Å². The first-order valence-electron chi connectivity index (χ1n) is 5.01. The maximum absolute atomic E-state index is 5.74. The first-order valence-corrected chi connectivity index (χ1v) is 6.70. The Hall–Kier alpha value is -1.33. The minimum atomic E-state index is 0.439. The fourth-order valence-corrected chi connectivity index (χ4v) is 3.86. The number of thiophene rings is 2. The number of rotatable bonds is 2. The lowest BCUT2D eigenvalue weighted by atomic mass is 10.1. The Kier molecular flexibility index (Phi) is 2.22. The standard InChI is InChI=1S/C11H10N2OS2/c1-2-6-10(13-14-11(6)12)9-5-8-7(16-9)3-4-15-8/h3-5H,2,12H2,1H3. The Bertz CT molecular complexity index is 607. The minimum absolute atomic E-state index is 0.439. The van der Waals surface area contributed by atoms with Crippen LogP contribution in [-0.4, -0.2) is 5.16 Å². The zero-order valence-corrected chi connectivity index (χ0v) is 10.3. The molecule has 0 bridgehead atoms. The summed E-state index contributed by atoms with van der Waals surface area (Å²) in [5.41, 5.74) is 7.64. The second-order valence-electron chi connectivity index (χ2n) is 3.49. The molecule has 3 nitrogen and oxygen atoms in total. The highest BCUT2D eigenvalue weighted by Crippen LogP contribution is 2.38. The highest BCUT2D eigenvalue weighted by atomic mass is 32.1. The van der Waals surface area contributed by atoms with Crippen molar-refractivity contribution >= 4 is 38.0 Å². The van der Waals surface area contributed by atoms with E-state index in [9.17, 15) is 0 Å². The highest BCUT2D eigenvalue weighted by molar-refractivity contribution is 7.28. The molecule has 0 aliphatic carbocycles. The molecule has 16 heavy (non-hydrogen) atoms.